The predicted octanol–water partition coefficient (Wildman–Crippen LogP) is 2.78. The van der Waals surface area contributed by atoms with E-state index in [0.717, 1.165) is 27.3 Å². The van der Waals surface area contributed by atoms with Crippen LogP contribution < -0.4 is 5.32 Å². The molecule has 4 nitrogen and oxygen atoms in total. The summed E-state index contributed by atoms with van der Waals surface area (Å²) in [5.74, 6) is 2.15. The Bertz CT molecular complexity index is 357. The largest absolute Gasteiger partial charge is 0.378 e. The Hall–Kier alpha value is -0.430. The van der Waals surface area contributed by atoms with Crippen LogP contribution in [0.5, 0.6) is 0 Å². The quantitative estimate of drug-likeness (QED) is 0.841. The summed E-state index contributed by atoms with van der Waals surface area (Å²) < 4.78 is 6.19. The van der Waals surface area contributed by atoms with Gasteiger partial charge in [-0.2, -0.15) is 0 Å². The van der Waals surface area contributed by atoms with Gasteiger partial charge in [0.2, 0.25) is 0 Å². The first kappa shape index (κ1) is 13.6. The number of anilines is 1. The topological polar surface area (TPSA) is 47.0 Å². The van der Waals surface area contributed by atoms with E-state index >= 15 is 0 Å². The number of halogens is 1. The van der Waals surface area contributed by atoms with Gasteiger partial charge >= 0.3 is 0 Å². The zero-order valence-electron chi connectivity index (χ0n) is 10.2. The summed E-state index contributed by atoms with van der Waals surface area (Å²) in [5.41, 5.74) is 0.956. The van der Waals surface area contributed by atoms with Crippen molar-refractivity contribution in [3.05, 3.63) is 15.1 Å². The number of methoxy groups -OCH3 is 1. The smallest absolute Gasteiger partial charge is 0.143 e. The molecule has 1 heterocycles. The van der Waals surface area contributed by atoms with E-state index in [0.29, 0.717) is 12.5 Å². The van der Waals surface area contributed by atoms with Crippen LogP contribution in [0.4, 0.5) is 5.82 Å². The van der Waals surface area contributed by atoms with Crippen LogP contribution in [0.2, 0.25) is 0 Å². The summed E-state index contributed by atoms with van der Waals surface area (Å²) in [4.78, 5) is 9.08. The van der Waals surface area contributed by atoms with Crippen LogP contribution >= 0.6 is 22.6 Å². The lowest BCUT2D eigenvalue weighted by molar-refractivity contribution is 0.180. The number of hydrogen-bond donors (Lipinski definition) is 1. The van der Waals surface area contributed by atoms with Crippen molar-refractivity contribution in [1.29, 1.82) is 0 Å². The SMILES string of the molecule is CCC(C)c1nc(COC)c(I)c(NC)n1. The lowest BCUT2D eigenvalue weighted by atomic mass is 10.1. The fourth-order valence-corrected chi connectivity index (χ4v) is 1.98. The molecule has 0 saturated carbocycles. The Morgan fingerprint density at radius 2 is 2.12 bits per heavy atom. The van der Waals surface area contributed by atoms with Crippen LogP contribution in [0.25, 0.3) is 0 Å². The van der Waals surface area contributed by atoms with Crippen molar-refractivity contribution < 1.29 is 4.74 Å². The molecular weight excluding hydrogens is 317 g/mol. The van der Waals surface area contributed by atoms with Gasteiger partial charge in [0, 0.05) is 20.1 Å². The van der Waals surface area contributed by atoms with Crippen molar-refractivity contribution in [1.82, 2.24) is 9.97 Å². The van der Waals surface area contributed by atoms with Gasteiger partial charge in [-0.05, 0) is 29.0 Å². The van der Waals surface area contributed by atoms with E-state index < -0.39 is 0 Å². The van der Waals surface area contributed by atoms with E-state index in [-0.39, 0.29) is 0 Å². The highest BCUT2D eigenvalue weighted by molar-refractivity contribution is 14.1. The molecule has 90 valence electrons. The first-order valence-electron chi connectivity index (χ1n) is 5.37. The molecule has 0 radical (unpaired) electrons. The van der Waals surface area contributed by atoms with Crippen molar-refractivity contribution in [2.24, 2.45) is 0 Å². The van der Waals surface area contributed by atoms with Crippen molar-refractivity contribution in [2.75, 3.05) is 19.5 Å². The second-order valence-corrected chi connectivity index (χ2v) is 4.76. The molecule has 0 saturated heterocycles. The third-order valence-electron chi connectivity index (χ3n) is 2.51. The Labute approximate surface area is 110 Å². The maximum Gasteiger partial charge on any atom is 0.143 e. The van der Waals surface area contributed by atoms with Crippen LogP contribution in [-0.4, -0.2) is 24.1 Å². The second-order valence-electron chi connectivity index (χ2n) is 3.68. The predicted molar refractivity (Wildman–Crippen MR) is 73.7 cm³/mol. The van der Waals surface area contributed by atoms with Gasteiger partial charge in [0.05, 0.1) is 15.9 Å². The van der Waals surface area contributed by atoms with Gasteiger partial charge in [-0.3, -0.25) is 0 Å². The standard InChI is InChI=1S/C11H18IN3O/c1-5-7(2)10-14-8(6-16-4)9(12)11(13-3)15-10/h7H,5-6H2,1-4H3,(H,13,14,15). The highest BCUT2D eigenvalue weighted by Crippen LogP contribution is 2.23. The van der Waals surface area contributed by atoms with E-state index in [9.17, 15) is 0 Å². The van der Waals surface area contributed by atoms with Crippen LogP contribution in [0, 0.1) is 3.57 Å². The second kappa shape index (κ2) is 6.34. The van der Waals surface area contributed by atoms with Gasteiger partial charge in [-0.15, -0.1) is 0 Å². The molecule has 1 rings (SSSR count). The summed E-state index contributed by atoms with van der Waals surface area (Å²) in [6.45, 7) is 4.80. The molecule has 0 bridgehead atoms. The average molecular weight is 335 g/mol. The van der Waals surface area contributed by atoms with E-state index in [4.69, 9.17) is 4.74 Å². The third kappa shape index (κ3) is 3.04. The lowest BCUT2D eigenvalue weighted by Crippen LogP contribution is -2.10. The van der Waals surface area contributed by atoms with Crippen LogP contribution in [-0.2, 0) is 11.3 Å². The van der Waals surface area contributed by atoms with Crippen molar-refractivity contribution in [3.8, 4) is 0 Å². The Morgan fingerprint density at radius 3 is 2.62 bits per heavy atom. The van der Waals surface area contributed by atoms with E-state index in [1.807, 2.05) is 7.05 Å². The minimum atomic E-state index is 0.375. The molecule has 0 aliphatic carbocycles. The number of aromatic nitrogens is 2. The molecule has 0 aromatic carbocycles. The van der Waals surface area contributed by atoms with Crippen LogP contribution in [0.1, 0.15) is 37.7 Å². The molecule has 0 aliphatic heterocycles. The third-order valence-corrected chi connectivity index (χ3v) is 3.64. The normalized spacial score (nSPS) is 12.6. The summed E-state index contributed by atoms with van der Waals surface area (Å²) in [7, 11) is 3.56. The highest BCUT2D eigenvalue weighted by Gasteiger charge is 2.14. The fraction of sp³-hybridized carbons (Fsp3) is 0.636. The van der Waals surface area contributed by atoms with Crippen molar-refractivity contribution in [3.63, 3.8) is 0 Å². The lowest BCUT2D eigenvalue weighted by Gasteiger charge is -2.13. The molecule has 1 N–H and O–H groups in total. The number of hydrogen-bond acceptors (Lipinski definition) is 4. The summed E-state index contributed by atoms with van der Waals surface area (Å²) >= 11 is 2.25. The molecule has 0 amide bonds. The van der Waals surface area contributed by atoms with Gasteiger partial charge < -0.3 is 10.1 Å². The molecule has 16 heavy (non-hydrogen) atoms. The Kier molecular flexibility index (Phi) is 5.40. The number of rotatable bonds is 5. The molecule has 1 atom stereocenters. The van der Waals surface area contributed by atoms with Crippen LogP contribution in [0.15, 0.2) is 0 Å². The first-order chi connectivity index (χ1) is 7.63. The maximum atomic E-state index is 5.15. The molecule has 0 spiro atoms. The molecule has 1 aromatic heterocycles. The molecule has 1 aromatic rings. The van der Waals surface area contributed by atoms with Gasteiger partial charge in [0.1, 0.15) is 11.6 Å². The summed E-state index contributed by atoms with van der Waals surface area (Å²) in [6.07, 6.45) is 1.04. The minimum absolute atomic E-state index is 0.375. The number of nitrogens with zero attached hydrogens (tertiary/aromatic N) is 2. The highest BCUT2D eigenvalue weighted by atomic mass is 127. The van der Waals surface area contributed by atoms with Crippen LogP contribution in [0.3, 0.4) is 0 Å². The summed E-state index contributed by atoms with van der Waals surface area (Å²) in [6, 6.07) is 0. The maximum absolute atomic E-state index is 5.15. The zero-order valence-corrected chi connectivity index (χ0v) is 12.3. The molecule has 5 heteroatoms. The Morgan fingerprint density at radius 1 is 1.44 bits per heavy atom. The molecule has 1 unspecified atom stereocenters. The van der Waals surface area contributed by atoms with Gasteiger partial charge in [-0.25, -0.2) is 9.97 Å². The number of ether oxygens (including phenoxy) is 1. The van der Waals surface area contributed by atoms with E-state index in [1.165, 1.54) is 0 Å². The fourth-order valence-electron chi connectivity index (χ4n) is 1.31. The van der Waals surface area contributed by atoms with E-state index in [2.05, 4.69) is 51.7 Å². The van der Waals surface area contributed by atoms with Crippen molar-refractivity contribution in [2.45, 2.75) is 32.8 Å². The first-order valence-corrected chi connectivity index (χ1v) is 6.44. The van der Waals surface area contributed by atoms with Gasteiger partial charge in [0.25, 0.3) is 0 Å². The molecule has 0 aliphatic rings. The minimum Gasteiger partial charge on any atom is -0.378 e. The molecular formula is C11H18IN3O. The summed E-state index contributed by atoms with van der Waals surface area (Å²) in [5, 5.41) is 3.10. The number of nitrogens with one attached hydrogen (secondary N) is 1. The van der Waals surface area contributed by atoms with Crippen molar-refractivity contribution >= 4 is 28.4 Å². The van der Waals surface area contributed by atoms with E-state index in [1.54, 1.807) is 7.11 Å². The average Bonchev–Trinajstić information content (AvgIpc) is 2.31. The monoisotopic (exact) mass is 335 g/mol. The van der Waals surface area contributed by atoms with Gasteiger partial charge in [-0.1, -0.05) is 13.8 Å². The molecule has 0 fully saturated rings. The zero-order chi connectivity index (χ0) is 12.1. The van der Waals surface area contributed by atoms with Gasteiger partial charge in [0.15, 0.2) is 0 Å². The Balaban J connectivity index is 3.17.